The highest BCUT2D eigenvalue weighted by molar-refractivity contribution is 7.99. The molecule has 7 nitrogen and oxygen atoms in total. The molecule has 0 saturated carbocycles. The highest BCUT2D eigenvalue weighted by Crippen LogP contribution is 2.14. The van der Waals surface area contributed by atoms with Gasteiger partial charge in [0.2, 0.25) is 11.1 Å². The van der Waals surface area contributed by atoms with Crippen molar-refractivity contribution in [3.63, 3.8) is 0 Å². The van der Waals surface area contributed by atoms with Crippen LogP contribution in [0, 0.1) is 13.8 Å². The SMILES string of the molecule is Cc1ccc(Cc2nnc(SCC(=O)Nc3cccc(C)c3)n(N)c2=O)cc1. The molecule has 3 aromatic rings. The van der Waals surface area contributed by atoms with E-state index in [9.17, 15) is 9.59 Å². The van der Waals surface area contributed by atoms with Crippen molar-refractivity contribution in [3.05, 3.63) is 81.3 Å². The van der Waals surface area contributed by atoms with Gasteiger partial charge in [0.05, 0.1) is 5.75 Å². The molecule has 3 N–H and O–H groups in total. The van der Waals surface area contributed by atoms with Gasteiger partial charge in [-0.05, 0) is 37.1 Å². The van der Waals surface area contributed by atoms with Crippen LogP contribution in [-0.4, -0.2) is 26.5 Å². The van der Waals surface area contributed by atoms with Gasteiger partial charge in [-0.2, -0.15) is 4.68 Å². The predicted octanol–water partition coefficient (Wildman–Crippen LogP) is 2.29. The molecule has 0 aliphatic rings. The molecule has 8 heteroatoms. The second-order valence-electron chi connectivity index (χ2n) is 6.47. The van der Waals surface area contributed by atoms with E-state index in [2.05, 4.69) is 15.5 Å². The predicted molar refractivity (Wildman–Crippen MR) is 111 cm³/mol. The molecule has 0 bridgehead atoms. The van der Waals surface area contributed by atoms with Crippen molar-refractivity contribution in [2.45, 2.75) is 25.4 Å². The van der Waals surface area contributed by atoms with Crippen molar-refractivity contribution in [1.29, 1.82) is 0 Å². The van der Waals surface area contributed by atoms with E-state index >= 15 is 0 Å². The van der Waals surface area contributed by atoms with Crippen molar-refractivity contribution in [3.8, 4) is 0 Å². The van der Waals surface area contributed by atoms with Crippen molar-refractivity contribution in [2.75, 3.05) is 16.9 Å². The lowest BCUT2D eigenvalue weighted by molar-refractivity contribution is -0.113. The summed E-state index contributed by atoms with van der Waals surface area (Å²) in [6.45, 7) is 3.95. The quantitative estimate of drug-likeness (QED) is 0.490. The van der Waals surface area contributed by atoms with Crippen molar-refractivity contribution >= 4 is 23.4 Å². The van der Waals surface area contributed by atoms with E-state index < -0.39 is 5.56 Å². The first-order valence-corrected chi connectivity index (χ1v) is 9.69. The van der Waals surface area contributed by atoms with Gasteiger partial charge in [-0.15, -0.1) is 10.2 Å². The molecule has 1 heterocycles. The third-order valence-electron chi connectivity index (χ3n) is 4.05. The van der Waals surface area contributed by atoms with Gasteiger partial charge in [0.15, 0.2) is 0 Å². The molecule has 0 aliphatic heterocycles. The number of nitrogens with zero attached hydrogens (tertiary/aromatic N) is 3. The molecule has 0 aliphatic carbocycles. The minimum atomic E-state index is -0.419. The molecule has 0 radical (unpaired) electrons. The van der Waals surface area contributed by atoms with Gasteiger partial charge in [-0.25, -0.2) is 0 Å². The number of thioether (sulfide) groups is 1. The third kappa shape index (κ3) is 4.98. The van der Waals surface area contributed by atoms with Gasteiger partial charge in [-0.3, -0.25) is 9.59 Å². The van der Waals surface area contributed by atoms with Crippen LogP contribution in [0.3, 0.4) is 0 Å². The topological polar surface area (TPSA) is 103 Å². The first kappa shape index (κ1) is 19.6. The zero-order valence-electron chi connectivity index (χ0n) is 15.7. The number of aryl methyl sites for hydroxylation is 2. The van der Waals surface area contributed by atoms with E-state index in [1.54, 1.807) is 0 Å². The van der Waals surface area contributed by atoms with Gasteiger partial charge >= 0.3 is 0 Å². The van der Waals surface area contributed by atoms with Crippen LogP contribution in [0.5, 0.6) is 0 Å². The van der Waals surface area contributed by atoms with Crippen LogP contribution in [0.1, 0.15) is 22.4 Å². The van der Waals surface area contributed by atoms with E-state index in [0.29, 0.717) is 6.42 Å². The second kappa shape index (κ2) is 8.71. The number of carbonyl (C=O) groups is 1. The molecule has 144 valence electrons. The summed E-state index contributed by atoms with van der Waals surface area (Å²) in [6.07, 6.45) is 0.349. The molecule has 0 unspecified atom stereocenters. The Hall–Kier alpha value is -3.13. The van der Waals surface area contributed by atoms with Crippen LogP contribution in [-0.2, 0) is 11.2 Å². The monoisotopic (exact) mass is 395 g/mol. The first-order chi connectivity index (χ1) is 13.4. The fraction of sp³-hybridized carbons (Fsp3) is 0.200. The normalized spacial score (nSPS) is 10.6. The molecule has 0 saturated heterocycles. The number of anilines is 1. The fourth-order valence-electron chi connectivity index (χ4n) is 2.58. The minimum Gasteiger partial charge on any atom is -0.334 e. The summed E-state index contributed by atoms with van der Waals surface area (Å²) in [6, 6.07) is 15.3. The van der Waals surface area contributed by atoms with Crippen molar-refractivity contribution < 1.29 is 4.79 Å². The maximum atomic E-state index is 12.5. The number of aromatic nitrogens is 3. The Morgan fingerprint density at radius 1 is 1.11 bits per heavy atom. The molecule has 0 spiro atoms. The van der Waals surface area contributed by atoms with Gasteiger partial charge in [-0.1, -0.05) is 53.7 Å². The molecule has 2 aromatic carbocycles. The maximum absolute atomic E-state index is 12.5. The summed E-state index contributed by atoms with van der Waals surface area (Å²) in [5, 5.41) is 11.0. The van der Waals surface area contributed by atoms with E-state index in [0.717, 1.165) is 38.8 Å². The summed E-state index contributed by atoms with van der Waals surface area (Å²) in [5.41, 5.74) is 3.71. The van der Waals surface area contributed by atoms with Crippen LogP contribution in [0.15, 0.2) is 58.5 Å². The zero-order valence-corrected chi connectivity index (χ0v) is 16.5. The highest BCUT2D eigenvalue weighted by Gasteiger charge is 2.13. The number of hydrogen-bond acceptors (Lipinski definition) is 6. The number of rotatable bonds is 6. The van der Waals surface area contributed by atoms with E-state index in [4.69, 9.17) is 5.84 Å². The molecule has 1 aromatic heterocycles. The largest absolute Gasteiger partial charge is 0.334 e. The van der Waals surface area contributed by atoms with Crippen LogP contribution < -0.4 is 16.7 Å². The number of benzene rings is 2. The summed E-state index contributed by atoms with van der Waals surface area (Å²) in [4.78, 5) is 24.6. The number of nitrogens with one attached hydrogen (secondary N) is 1. The Bertz CT molecular complexity index is 1050. The van der Waals surface area contributed by atoms with Gasteiger partial charge in [0.25, 0.3) is 5.56 Å². The van der Waals surface area contributed by atoms with E-state index in [1.165, 1.54) is 0 Å². The average molecular weight is 395 g/mol. The first-order valence-electron chi connectivity index (χ1n) is 8.71. The molecular weight excluding hydrogens is 374 g/mol. The Morgan fingerprint density at radius 3 is 2.57 bits per heavy atom. The number of carbonyl (C=O) groups excluding carboxylic acids is 1. The lowest BCUT2D eigenvalue weighted by Crippen LogP contribution is -2.34. The molecule has 3 rings (SSSR count). The molecule has 28 heavy (non-hydrogen) atoms. The van der Waals surface area contributed by atoms with Gasteiger partial charge < -0.3 is 11.2 Å². The number of nitrogens with two attached hydrogens (primary N) is 1. The number of hydrogen-bond donors (Lipinski definition) is 2. The fourth-order valence-corrected chi connectivity index (χ4v) is 3.23. The Balaban J connectivity index is 1.64. The highest BCUT2D eigenvalue weighted by atomic mass is 32.2. The van der Waals surface area contributed by atoms with Crippen molar-refractivity contribution in [1.82, 2.24) is 14.9 Å². The van der Waals surface area contributed by atoms with Crippen molar-refractivity contribution in [2.24, 2.45) is 0 Å². The molecule has 1 amide bonds. The Kier molecular flexibility index (Phi) is 6.10. The Labute approximate surface area is 167 Å². The standard InChI is InChI=1S/C20H21N5O2S/c1-13-6-8-15(9-7-13)11-17-19(27)25(21)20(24-23-17)28-12-18(26)22-16-5-3-4-14(2)10-16/h3-10H,11-12,21H2,1-2H3,(H,22,26). The maximum Gasteiger partial charge on any atom is 0.294 e. The van der Waals surface area contributed by atoms with Crippen LogP contribution >= 0.6 is 11.8 Å². The lowest BCUT2D eigenvalue weighted by Gasteiger charge is -2.08. The summed E-state index contributed by atoms with van der Waals surface area (Å²) < 4.78 is 0.946. The lowest BCUT2D eigenvalue weighted by atomic mass is 10.1. The molecular formula is C20H21N5O2S. The van der Waals surface area contributed by atoms with Gasteiger partial charge in [0.1, 0.15) is 5.69 Å². The zero-order chi connectivity index (χ0) is 20.1. The smallest absolute Gasteiger partial charge is 0.294 e. The second-order valence-corrected chi connectivity index (χ2v) is 7.42. The average Bonchev–Trinajstić information content (AvgIpc) is 2.66. The number of nitrogen functional groups attached to an aromatic ring is 1. The molecule has 0 fully saturated rings. The summed E-state index contributed by atoms with van der Waals surface area (Å²) >= 11 is 1.06. The minimum absolute atomic E-state index is 0.0660. The van der Waals surface area contributed by atoms with E-state index in [1.807, 2.05) is 62.4 Å². The summed E-state index contributed by atoms with van der Waals surface area (Å²) in [5.74, 6) is 5.72. The van der Waals surface area contributed by atoms with E-state index in [-0.39, 0.29) is 22.5 Å². The number of amides is 1. The molecule has 0 atom stereocenters. The van der Waals surface area contributed by atoms with Crippen LogP contribution in [0.4, 0.5) is 5.69 Å². The van der Waals surface area contributed by atoms with Crippen LogP contribution in [0.25, 0.3) is 0 Å². The third-order valence-corrected chi connectivity index (χ3v) is 5.00. The van der Waals surface area contributed by atoms with Gasteiger partial charge in [0, 0.05) is 12.1 Å². The summed E-state index contributed by atoms with van der Waals surface area (Å²) in [7, 11) is 0. The van der Waals surface area contributed by atoms with Crippen LogP contribution in [0.2, 0.25) is 0 Å². The Morgan fingerprint density at radius 2 is 1.86 bits per heavy atom.